The number of hydrogen-bond acceptors (Lipinski definition) is 6. The molecule has 2 aromatic heterocycles. The van der Waals surface area contributed by atoms with Crippen LogP contribution in [0, 0.1) is 5.82 Å². The lowest BCUT2D eigenvalue weighted by atomic mass is 9.99. The minimum Gasteiger partial charge on any atom is -0.356 e. The summed E-state index contributed by atoms with van der Waals surface area (Å²) in [5.41, 5.74) is 0.305. The largest absolute Gasteiger partial charge is 0.356 e. The lowest BCUT2D eigenvalue weighted by Gasteiger charge is -2.36. The van der Waals surface area contributed by atoms with E-state index < -0.39 is 5.41 Å². The molecule has 0 spiro atoms. The topological polar surface area (TPSA) is 75.4 Å². The first kappa shape index (κ1) is 17.8. The number of aromatic nitrogens is 3. The van der Waals surface area contributed by atoms with Crippen LogP contribution < -0.4 is 4.90 Å². The third-order valence-electron chi connectivity index (χ3n) is 5.70. The summed E-state index contributed by atoms with van der Waals surface area (Å²) in [6.07, 6.45) is 4.90. The number of carbonyl (C=O) groups excluding carboxylic acids is 1. The maximum atomic E-state index is 14.0. The average molecular weight is 393 g/mol. The molecule has 7 nitrogen and oxygen atoms in total. The number of carbonyl (C=O) groups is 1. The van der Waals surface area contributed by atoms with Crippen molar-refractivity contribution in [2.45, 2.75) is 18.3 Å². The normalized spacial score (nSPS) is 18.0. The van der Waals surface area contributed by atoms with Gasteiger partial charge in [-0.3, -0.25) is 4.79 Å². The summed E-state index contributed by atoms with van der Waals surface area (Å²) in [5, 5.41) is 4.13. The van der Waals surface area contributed by atoms with Crippen LogP contribution in [0.15, 0.2) is 53.3 Å². The molecule has 3 heterocycles. The molecule has 0 radical (unpaired) electrons. The highest BCUT2D eigenvalue weighted by Crippen LogP contribution is 2.50. The first-order valence-electron chi connectivity index (χ1n) is 9.71. The summed E-state index contributed by atoms with van der Waals surface area (Å²) in [6.45, 7) is 2.59. The predicted molar refractivity (Wildman–Crippen MR) is 104 cm³/mol. The Balaban J connectivity index is 1.30. The minimum absolute atomic E-state index is 0.0690. The van der Waals surface area contributed by atoms with E-state index in [1.54, 1.807) is 42.7 Å². The summed E-state index contributed by atoms with van der Waals surface area (Å²) in [5.74, 6) is 0.736. The predicted octanol–water partition coefficient (Wildman–Crippen LogP) is 2.65. The van der Waals surface area contributed by atoms with Crippen molar-refractivity contribution in [2.24, 2.45) is 0 Å². The summed E-state index contributed by atoms with van der Waals surface area (Å²) >= 11 is 0. The van der Waals surface area contributed by atoms with Gasteiger partial charge in [0, 0.05) is 44.6 Å². The summed E-state index contributed by atoms with van der Waals surface area (Å²) in [6, 6.07) is 9.89. The molecule has 148 valence electrons. The van der Waals surface area contributed by atoms with Crippen molar-refractivity contribution in [2.75, 3.05) is 31.1 Å². The number of hydrogen-bond donors (Lipinski definition) is 0. The lowest BCUT2D eigenvalue weighted by molar-refractivity contribution is -0.134. The molecule has 2 aliphatic rings. The third kappa shape index (κ3) is 3.14. The van der Waals surface area contributed by atoms with Gasteiger partial charge in [-0.2, -0.15) is 0 Å². The van der Waals surface area contributed by atoms with Crippen LogP contribution in [0.25, 0.3) is 11.3 Å². The van der Waals surface area contributed by atoms with E-state index in [0.29, 0.717) is 49.1 Å². The standard InChI is InChI=1S/C21H20FN5O2/c22-16-5-2-1-4-15(16)17-14-18(25-29-17)21(6-7-21)19(28)26-10-12-27(13-11-26)20-23-8-3-9-24-20/h1-5,8-9,14H,6-7,10-13H2. The fourth-order valence-electron chi connectivity index (χ4n) is 3.86. The van der Waals surface area contributed by atoms with Crippen LogP contribution in [0.5, 0.6) is 0 Å². The maximum Gasteiger partial charge on any atom is 0.235 e. The third-order valence-corrected chi connectivity index (χ3v) is 5.70. The van der Waals surface area contributed by atoms with Gasteiger partial charge in [-0.15, -0.1) is 0 Å². The molecule has 1 saturated heterocycles. The molecule has 0 atom stereocenters. The van der Waals surface area contributed by atoms with Gasteiger partial charge in [-0.25, -0.2) is 14.4 Å². The Morgan fingerprint density at radius 1 is 1.03 bits per heavy atom. The number of halogens is 1. The zero-order valence-corrected chi connectivity index (χ0v) is 15.8. The molecular formula is C21H20FN5O2. The molecule has 0 N–H and O–H groups in total. The van der Waals surface area contributed by atoms with Gasteiger partial charge >= 0.3 is 0 Å². The Kier molecular flexibility index (Phi) is 4.26. The number of piperazine rings is 1. The van der Waals surface area contributed by atoms with Gasteiger partial charge in [0.15, 0.2) is 5.76 Å². The molecule has 5 rings (SSSR count). The Hall–Kier alpha value is -3.29. The second kappa shape index (κ2) is 6.95. The lowest BCUT2D eigenvalue weighted by Crippen LogP contribution is -2.52. The molecule has 1 amide bonds. The van der Waals surface area contributed by atoms with Crippen molar-refractivity contribution in [1.29, 1.82) is 0 Å². The Labute approximate surface area is 167 Å². The van der Waals surface area contributed by atoms with Gasteiger partial charge in [0.2, 0.25) is 11.9 Å². The number of amides is 1. The number of nitrogens with zero attached hydrogens (tertiary/aromatic N) is 5. The Morgan fingerprint density at radius 2 is 1.76 bits per heavy atom. The zero-order valence-electron chi connectivity index (χ0n) is 15.8. The van der Waals surface area contributed by atoms with Crippen LogP contribution in [0.2, 0.25) is 0 Å². The van der Waals surface area contributed by atoms with Gasteiger partial charge in [0.1, 0.15) is 5.82 Å². The molecule has 29 heavy (non-hydrogen) atoms. The molecule has 1 aliphatic heterocycles. The first-order valence-corrected chi connectivity index (χ1v) is 9.71. The van der Waals surface area contributed by atoms with E-state index in [2.05, 4.69) is 20.0 Å². The fourth-order valence-corrected chi connectivity index (χ4v) is 3.86. The molecule has 1 aromatic carbocycles. The van der Waals surface area contributed by atoms with Crippen molar-refractivity contribution in [3.8, 4) is 11.3 Å². The van der Waals surface area contributed by atoms with Crippen molar-refractivity contribution in [3.05, 3.63) is 60.3 Å². The number of benzene rings is 1. The second-order valence-corrected chi connectivity index (χ2v) is 7.47. The first-order chi connectivity index (χ1) is 14.2. The zero-order chi connectivity index (χ0) is 19.8. The Bertz CT molecular complexity index is 1030. The minimum atomic E-state index is -0.640. The highest BCUT2D eigenvalue weighted by molar-refractivity contribution is 5.91. The molecular weight excluding hydrogens is 373 g/mol. The van der Waals surface area contributed by atoms with E-state index in [4.69, 9.17) is 4.52 Å². The summed E-state index contributed by atoms with van der Waals surface area (Å²) < 4.78 is 19.4. The fraction of sp³-hybridized carbons (Fsp3) is 0.333. The monoisotopic (exact) mass is 393 g/mol. The molecule has 0 bridgehead atoms. The van der Waals surface area contributed by atoms with Crippen molar-refractivity contribution in [3.63, 3.8) is 0 Å². The van der Waals surface area contributed by atoms with E-state index >= 15 is 0 Å². The van der Waals surface area contributed by atoms with Crippen LogP contribution in [0.3, 0.4) is 0 Å². The number of anilines is 1. The number of rotatable bonds is 4. The smallest absolute Gasteiger partial charge is 0.235 e. The molecule has 3 aromatic rings. The van der Waals surface area contributed by atoms with Gasteiger partial charge in [-0.05, 0) is 31.0 Å². The van der Waals surface area contributed by atoms with Crippen LogP contribution in [0.1, 0.15) is 18.5 Å². The average Bonchev–Trinajstić information content (AvgIpc) is 3.44. The van der Waals surface area contributed by atoms with E-state index in [1.807, 2.05) is 4.90 Å². The van der Waals surface area contributed by atoms with Crippen molar-refractivity contribution in [1.82, 2.24) is 20.0 Å². The van der Waals surface area contributed by atoms with E-state index in [9.17, 15) is 9.18 Å². The van der Waals surface area contributed by atoms with E-state index in [-0.39, 0.29) is 11.7 Å². The van der Waals surface area contributed by atoms with Crippen LogP contribution >= 0.6 is 0 Å². The summed E-state index contributed by atoms with van der Waals surface area (Å²) in [7, 11) is 0. The van der Waals surface area contributed by atoms with Gasteiger partial charge in [0.25, 0.3) is 0 Å². The van der Waals surface area contributed by atoms with Gasteiger partial charge < -0.3 is 14.3 Å². The van der Waals surface area contributed by atoms with Gasteiger partial charge in [-0.1, -0.05) is 17.3 Å². The molecule has 2 fully saturated rings. The maximum absolute atomic E-state index is 14.0. The SMILES string of the molecule is O=C(N1CCN(c2ncccn2)CC1)C1(c2cc(-c3ccccc3F)on2)CC1. The highest BCUT2D eigenvalue weighted by atomic mass is 19.1. The Morgan fingerprint density at radius 3 is 2.45 bits per heavy atom. The highest BCUT2D eigenvalue weighted by Gasteiger charge is 2.55. The van der Waals surface area contributed by atoms with E-state index in [0.717, 1.165) is 12.8 Å². The van der Waals surface area contributed by atoms with E-state index in [1.165, 1.54) is 6.07 Å². The molecule has 8 heteroatoms. The molecule has 1 saturated carbocycles. The van der Waals surface area contributed by atoms with Crippen molar-refractivity contribution >= 4 is 11.9 Å². The van der Waals surface area contributed by atoms with Crippen molar-refractivity contribution < 1.29 is 13.7 Å². The summed E-state index contributed by atoms with van der Waals surface area (Å²) in [4.78, 5) is 25.8. The second-order valence-electron chi connectivity index (χ2n) is 7.47. The quantitative estimate of drug-likeness (QED) is 0.678. The molecule has 0 unspecified atom stereocenters. The van der Waals surface area contributed by atoms with Crippen LogP contribution in [-0.4, -0.2) is 52.1 Å². The molecule has 1 aliphatic carbocycles. The van der Waals surface area contributed by atoms with Crippen LogP contribution in [0.4, 0.5) is 10.3 Å². The van der Waals surface area contributed by atoms with Crippen LogP contribution in [-0.2, 0) is 10.2 Å². The van der Waals surface area contributed by atoms with Gasteiger partial charge in [0.05, 0.1) is 16.7 Å².